The Morgan fingerprint density at radius 2 is 2.11 bits per heavy atom. The molecule has 0 aromatic carbocycles. The van der Waals surface area contributed by atoms with E-state index in [2.05, 4.69) is 20.4 Å². The van der Waals surface area contributed by atoms with Crippen LogP contribution in [0, 0.1) is 16.7 Å². The summed E-state index contributed by atoms with van der Waals surface area (Å²) in [5.74, 6) is 0.149. The second-order valence-electron chi connectivity index (χ2n) is 8.26. The van der Waals surface area contributed by atoms with Gasteiger partial charge in [0, 0.05) is 20.6 Å². The monoisotopic (exact) mass is 381 g/mol. The van der Waals surface area contributed by atoms with Gasteiger partial charge in [-0.3, -0.25) is 4.79 Å². The van der Waals surface area contributed by atoms with Crippen molar-refractivity contribution >= 4 is 12.0 Å². The molecule has 0 N–H and O–H groups in total. The fourth-order valence-corrected chi connectivity index (χ4v) is 5.42. The minimum atomic E-state index is -0.760. The molecule has 152 valence electrons. The van der Waals surface area contributed by atoms with Crippen LogP contribution in [-0.4, -0.2) is 62.8 Å². The molecular formula is C20H31NO6. The number of fused-ring (bicyclic) bond motifs is 2. The third-order valence-corrected chi connectivity index (χ3v) is 6.97. The highest BCUT2D eigenvalue weighted by Crippen LogP contribution is 2.67. The van der Waals surface area contributed by atoms with E-state index >= 15 is 0 Å². The van der Waals surface area contributed by atoms with Crippen molar-refractivity contribution < 1.29 is 28.5 Å². The molecule has 3 rings (SSSR count). The number of hydrogen-bond donors (Lipinski definition) is 0. The number of rotatable bonds is 8. The van der Waals surface area contributed by atoms with Gasteiger partial charge in [0.25, 0.3) is 0 Å². The first-order chi connectivity index (χ1) is 12.8. The van der Waals surface area contributed by atoms with Crippen LogP contribution < -0.4 is 0 Å². The smallest absolute Gasteiger partial charge is 0.419 e. The summed E-state index contributed by atoms with van der Waals surface area (Å²) < 4.78 is 22.1. The molecule has 1 saturated heterocycles. The number of ether oxygens (including phenoxy) is 4. The maximum Gasteiger partial charge on any atom is 0.419 e. The van der Waals surface area contributed by atoms with Crippen molar-refractivity contribution in [3.63, 3.8) is 0 Å². The van der Waals surface area contributed by atoms with Crippen LogP contribution in [0.3, 0.4) is 0 Å². The largest absolute Gasteiger partial charge is 0.441 e. The fourth-order valence-electron chi connectivity index (χ4n) is 5.42. The summed E-state index contributed by atoms with van der Waals surface area (Å²) in [5, 5.41) is 0. The van der Waals surface area contributed by atoms with Crippen molar-refractivity contribution in [3.8, 4) is 0 Å². The predicted octanol–water partition coefficient (Wildman–Crippen LogP) is 2.74. The molecule has 2 amide bonds. The molecule has 0 aromatic heterocycles. The van der Waals surface area contributed by atoms with E-state index < -0.39 is 23.8 Å². The number of cyclic esters (lactones) is 1. The number of amides is 2. The van der Waals surface area contributed by atoms with Gasteiger partial charge >= 0.3 is 6.09 Å². The summed E-state index contributed by atoms with van der Waals surface area (Å²) in [4.78, 5) is 27.6. The van der Waals surface area contributed by atoms with Gasteiger partial charge < -0.3 is 18.9 Å². The van der Waals surface area contributed by atoms with Crippen molar-refractivity contribution in [1.82, 2.24) is 4.90 Å². The van der Waals surface area contributed by atoms with E-state index in [1.54, 1.807) is 13.2 Å². The van der Waals surface area contributed by atoms with E-state index in [1.807, 2.05) is 0 Å². The molecule has 0 unspecified atom stereocenters. The topological polar surface area (TPSA) is 74.3 Å². The summed E-state index contributed by atoms with van der Waals surface area (Å²) in [7, 11) is 3.11. The summed E-state index contributed by atoms with van der Waals surface area (Å²) in [5.41, 5.74) is -1.03. The molecule has 2 saturated carbocycles. The molecule has 5 atom stereocenters. The number of carbonyl (C=O) groups excluding carboxylic acids is 2. The van der Waals surface area contributed by atoms with Crippen LogP contribution in [0.2, 0.25) is 0 Å². The molecule has 7 heteroatoms. The molecule has 1 aliphatic heterocycles. The molecule has 27 heavy (non-hydrogen) atoms. The Morgan fingerprint density at radius 3 is 2.70 bits per heavy atom. The van der Waals surface area contributed by atoms with E-state index in [0.29, 0.717) is 32.0 Å². The van der Waals surface area contributed by atoms with Gasteiger partial charge in [-0.1, -0.05) is 19.9 Å². The molecule has 0 spiro atoms. The van der Waals surface area contributed by atoms with Crippen molar-refractivity contribution in [2.24, 2.45) is 16.7 Å². The number of imide groups is 1. The van der Waals surface area contributed by atoms with Crippen LogP contribution in [0.5, 0.6) is 0 Å². The van der Waals surface area contributed by atoms with Crippen LogP contribution in [0.25, 0.3) is 0 Å². The molecule has 3 aliphatic rings. The zero-order valence-electron chi connectivity index (χ0n) is 16.7. The van der Waals surface area contributed by atoms with E-state index in [4.69, 9.17) is 18.9 Å². The van der Waals surface area contributed by atoms with Crippen LogP contribution >= 0.6 is 0 Å². The van der Waals surface area contributed by atoms with E-state index in [1.165, 1.54) is 12.0 Å². The van der Waals surface area contributed by atoms with Crippen LogP contribution in [0.15, 0.2) is 12.7 Å². The third-order valence-electron chi connectivity index (χ3n) is 6.97. The quantitative estimate of drug-likeness (QED) is 0.475. The Balaban J connectivity index is 1.91. The molecular weight excluding hydrogens is 350 g/mol. The normalized spacial score (nSPS) is 36.9. The second-order valence-corrected chi connectivity index (χ2v) is 8.26. The molecule has 3 fully saturated rings. The van der Waals surface area contributed by atoms with Crippen molar-refractivity contribution in [2.45, 2.75) is 58.0 Å². The Bertz CT molecular complexity index is 605. The van der Waals surface area contributed by atoms with Crippen molar-refractivity contribution in [1.29, 1.82) is 0 Å². The highest BCUT2D eigenvalue weighted by atomic mass is 16.6. The standard InChI is InChI=1S/C20H31NO6/c1-6-7-14-16(25-5)21(18(23)27-14)17(22)20-9-8-13(19(20,2)3)12-15(20)26-11-10-24-4/h6,13-16H,1,7-12H2,2-5H3/t13-,14-,15-,16-,20+/m1/s1. The molecule has 1 heterocycles. The molecule has 0 radical (unpaired) electrons. The lowest BCUT2D eigenvalue weighted by Gasteiger charge is -2.42. The molecule has 7 nitrogen and oxygen atoms in total. The number of nitrogens with zero attached hydrogens (tertiary/aromatic N) is 1. The summed E-state index contributed by atoms with van der Waals surface area (Å²) in [6.07, 6.45) is 2.42. The minimum Gasteiger partial charge on any atom is -0.441 e. The molecule has 0 aromatic rings. The average Bonchev–Trinajstić information content (AvgIpc) is 3.17. The lowest BCUT2D eigenvalue weighted by Crippen LogP contribution is -2.56. The first-order valence-corrected chi connectivity index (χ1v) is 9.63. The Morgan fingerprint density at radius 1 is 1.37 bits per heavy atom. The third kappa shape index (κ3) is 2.91. The number of methoxy groups -OCH3 is 2. The Hall–Kier alpha value is -1.44. The molecule has 2 bridgehead atoms. The van der Waals surface area contributed by atoms with E-state index in [0.717, 1.165) is 12.8 Å². The number of hydrogen-bond acceptors (Lipinski definition) is 6. The van der Waals surface area contributed by atoms with Crippen molar-refractivity contribution in [3.05, 3.63) is 12.7 Å². The second kappa shape index (κ2) is 7.53. The zero-order chi connectivity index (χ0) is 19.8. The van der Waals surface area contributed by atoms with Gasteiger partial charge in [0.2, 0.25) is 5.91 Å². The maximum atomic E-state index is 13.8. The maximum absolute atomic E-state index is 13.8. The van der Waals surface area contributed by atoms with Crippen LogP contribution in [-0.2, 0) is 23.7 Å². The average molecular weight is 381 g/mol. The van der Waals surface area contributed by atoms with E-state index in [9.17, 15) is 9.59 Å². The predicted molar refractivity (Wildman–Crippen MR) is 97.9 cm³/mol. The van der Waals surface area contributed by atoms with Gasteiger partial charge in [-0.25, -0.2) is 9.69 Å². The summed E-state index contributed by atoms with van der Waals surface area (Å²) >= 11 is 0. The van der Waals surface area contributed by atoms with Gasteiger partial charge in [-0.2, -0.15) is 0 Å². The van der Waals surface area contributed by atoms with Gasteiger partial charge in [-0.15, -0.1) is 6.58 Å². The van der Waals surface area contributed by atoms with Gasteiger partial charge in [0.1, 0.15) is 0 Å². The first kappa shape index (κ1) is 20.3. The molecule has 2 aliphatic carbocycles. The lowest BCUT2D eigenvalue weighted by atomic mass is 9.67. The van der Waals surface area contributed by atoms with E-state index in [-0.39, 0.29) is 17.4 Å². The number of carbonyl (C=O) groups is 2. The minimum absolute atomic E-state index is 0.238. The van der Waals surface area contributed by atoms with Crippen LogP contribution in [0.1, 0.15) is 39.5 Å². The summed E-state index contributed by atoms with van der Waals surface area (Å²) in [6, 6.07) is 0. The van der Waals surface area contributed by atoms with Gasteiger partial charge in [0.15, 0.2) is 12.3 Å². The first-order valence-electron chi connectivity index (χ1n) is 9.63. The fraction of sp³-hybridized carbons (Fsp3) is 0.800. The van der Waals surface area contributed by atoms with Crippen LogP contribution in [0.4, 0.5) is 4.79 Å². The van der Waals surface area contributed by atoms with Gasteiger partial charge in [0.05, 0.1) is 24.7 Å². The van der Waals surface area contributed by atoms with Gasteiger partial charge in [-0.05, 0) is 30.6 Å². The highest BCUT2D eigenvalue weighted by Gasteiger charge is 2.70. The van der Waals surface area contributed by atoms with Crippen molar-refractivity contribution in [2.75, 3.05) is 27.4 Å². The Kier molecular flexibility index (Phi) is 5.66. The highest BCUT2D eigenvalue weighted by molar-refractivity contribution is 5.98. The zero-order valence-corrected chi connectivity index (χ0v) is 16.7. The summed E-state index contributed by atoms with van der Waals surface area (Å²) in [6.45, 7) is 8.83. The SMILES string of the molecule is C=CC[C@H]1OC(=O)N(C(=O)[C@]23CC[C@H](C[C@H]2OCCOC)C3(C)C)[C@@H]1OC. The Labute approximate surface area is 161 Å². The lowest BCUT2D eigenvalue weighted by molar-refractivity contribution is -0.164.